The van der Waals surface area contributed by atoms with Gasteiger partial charge in [-0.05, 0) is 55.0 Å². The second-order valence-electron chi connectivity index (χ2n) is 8.56. The Bertz CT molecular complexity index is 1120. The first-order valence-electron chi connectivity index (χ1n) is 10.7. The van der Waals surface area contributed by atoms with E-state index in [-0.39, 0.29) is 5.75 Å². The van der Waals surface area contributed by atoms with E-state index in [1.807, 2.05) is 36.7 Å². The predicted octanol–water partition coefficient (Wildman–Crippen LogP) is 5.52. The Morgan fingerprint density at radius 3 is 2.53 bits per heavy atom. The Labute approximate surface area is 176 Å². The van der Waals surface area contributed by atoms with Crippen LogP contribution in [-0.2, 0) is 6.54 Å². The summed E-state index contributed by atoms with van der Waals surface area (Å²) in [6.45, 7) is 0.975. The van der Waals surface area contributed by atoms with Crippen LogP contribution in [0.1, 0.15) is 42.4 Å². The standard InChI is InChI=1S/C26H24N2O2/c29-23-8-3-7-22-25(21-6-1-2-9-24(21)30-26(22)23)18-13-19-10-11-20(14-18)28(19)16-17-5-4-12-27-15-17/h1-9,12,15,19-20,29H,10-11,13-14,16H2. The van der Waals surface area contributed by atoms with Crippen LogP contribution < -0.4 is 4.74 Å². The second-order valence-corrected chi connectivity index (χ2v) is 8.56. The predicted molar refractivity (Wildman–Crippen MR) is 116 cm³/mol. The molecule has 150 valence electrons. The first-order valence-corrected chi connectivity index (χ1v) is 10.7. The van der Waals surface area contributed by atoms with E-state index in [0.717, 1.165) is 36.3 Å². The number of rotatable bonds is 2. The Morgan fingerprint density at radius 1 is 0.933 bits per heavy atom. The quantitative estimate of drug-likeness (QED) is 0.484. The van der Waals surface area contributed by atoms with Gasteiger partial charge in [0.1, 0.15) is 5.75 Å². The van der Waals surface area contributed by atoms with E-state index >= 15 is 0 Å². The third-order valence-electron chi connectivity index (χ3n) is 6.81. The molecular formula is C26H24N2O2. The summed E-state index contributed by atoms with van der Waals surface area (Å²) in [5, 5.41) is 10.5. The van der Waals surface area contributed by atoms with E-state index < -0.39 is 0 Å². The number of phenolic OH excluding ortho intramolecular Hbond substituents is 1. The molecule has 2 aromatic carbocycles. The van der Waals surface area contributed by atoms with Crippen molar-refractivity contribution in [2.24, 2.45) is 0 Å². The van der Waals surface area contributed by atoms with Crippen molar-refractivity contribution >= 4 is 5.57 Å². The molecule has 4 heteroatoms. The van der Waals surface area contributed by atoms with Crippen LogP contribution in [0, 0.1) is 0 Å². The molecule has 3 aromatic rings. The van der Waals surface area contributed by atoms with Crippen molar-refractivity contribution in [3.8, 4) is 17.2 Å². The summed E-state index contributed by atoms with van der Waals surface area (Å²) in [6.07, 6.45) is 8.44. The number of aromatic nitrogens is 1. The van der Waals surface area contributed by atoms with Crippen molar-refractivity contribution in [1.29, 1.82) is 0 Å². The van der Waals surface area contributed by atoms with Crippen LogP contribution in [0.2, 0.25) is 0 Å². The van der Waals surface area contributed by atoms with Crippen molar-refractivity contribution in [3.63, 3.8) is 0 Å². The molecule has 2 saturated heterocycles. The highest BCUT2D eigenvalue weighted by atomic mass is 16.5. The third kappa shape index (κ3) is 2.83. The molecule has 4 heterocycles. The monoisotopic (exact) mass is 396 g/mol. The topological polar surface area (TPSA) is 45.6 Å². The number of phenols is 1. The van der Waals surface area contributed by atoms with Crippen molar-refractivity contribution < 1.29 is 9.84 Å². The summed E-state index contributed by atoms with van der Waals surface area (Å²) in [5.41, 5.74) is 6.21. The maximum absolute atomic E-state index is 10.5. The van der Waals surface area contributed by atoms with Gasteiger partial charge in [-0.3, -0.25) is 9.88 Å². The zero-order valence-electron chi connectivity index (χ0n) is 16.8. The molecule has 2 bridgehead atoms. The first kappa shape index (κ1) is 17.7. The molecule has 0 radical (unpaired) electrons. The van der Waals surface area contributed by atoms with Crippen LogP contribution in [0.15, 0.2) is 72.6 Å². The van der Waals surface area contributed by atoms with Crippen LogP contribution in [0.25, 0.3) is 5.57 Å². The molecule has 2 unspecified atom stereocenters. The van der Waals surface area contributed by atoms with Gasteiger partial charge in [-0.1, -0.05) is 42.0 Å². The van der Waals surface area contributed by atoms with E-state index in [1.54, 1.807) is 6.07 Å². The molecule has 3 aliphatic rings. The van der Waals surface area contributed by atoms with Gasteiger partial charge in [0.25, 0.3) is 0 Å². The molecule has 4 nitrogen and oxygen atoms in total. The molecule has 3 aliphatic heterocycles. The minimum atomic E-state index is 0.206. The van der Waals surface area contributed by atoms with Gasteiger partial charge in [-0.15, -0.1) is 0 Å². The minimum absolute atomic E-state index is 0.206. The fourth-order valence-corrected chi connectivity index (χ4v) is 5.50. The molecule has 0 amide bonds. The van der Waals surface area contributed by atoms with Crippen molar-refractivity contribution in [2.75, 3.05) is 0 Å². The Morgan fingerprint density at radius 2 is 1.73 bits per heavy atom. The van der Waals surface area contributed by atoms with Gasteiger partial charge in [0.2, 0.25) is 0 Å². The smallest absolute Gasteiger partial charge is 0.176 e. The number of fused-ring (bicyclic) bond motifs is 4. The SMILES string of the molecule is Oc1cccc2c1Oc1ccccc1C2=C1CC2CCC(C1)N2Cc1cccnc1. The summed E-state index contributed by atoms with van der Waals surface area (Å²) in [4.78, 5) is 6.97. The number of piperidine rings is 1. The van der Waals surface area contributed by atoms with Gasteiger partial charge in [0, 0.05) is 42.1 Å². The molecule has 0 aliphatic carbocycles. The van der Waals surface area contributed by atoms with E-state index in [0.29, 0.717) is 17.8 Å². The lowest BCUT2D eigenvalue weighted by Gasteiger charge is -2.38. The van der Waals surface area contributed by atoms with Gasteiger partial charge in [-0.25, -0.2) is 0 Å². The van der Waals surface area contributed by atoms with Gasteiger partial charge in [0.15, 0.2) is 11.5 Å². The highest BCUT2D eigenvalue weighted by Gasteiger charge is 2.40. The maximum Gasteiger partial charge on any atom is 0.176 e. The van der Waals surface area contributed by atoms with Crippen LogP contribution in [0.3, 0.4) is 0 Å². The van der Waals surface area contributed by atoms with Gasteiger partial charge in [0.05, 0.1) is 0 Å². The summed E-state index contributed by atoms with van der Waals surface area (Å²) < 4.78 is 6.10. The summed E-state index contributed by atoms with van der Waals surface area (Å²) >= 11 is 0. The van der Waals surface area contributed by atoms with Gasteiger partial charge < -0.3 is 9.84 Å². The molecule has 30 heavy (non-hydrogen) atoms. The van der Waals surface area contributed by atoms with E-state index in [1.165, 1.54) is 29.6 Å². The van der Waals surface area contributed by atoms with E-state index in [9.17, 15) is 5.11 Å². The number of ether oxygens (including phenoxy) is 1. The lowest BCUT2D eigenvalue weighted by atomic mass is 9.84. The number of nitrogens with zero attached hydrogens (tertiary/aromatic N) is 2. The maximum atomic E-state index is 10.5. The Kier molecular flexibility index (Phi) is 4.13. The summed E-state index contributed by atoms with van der Waals surface area (Å²) in [6, 6.07) is 19.2. The summed E-state index contributed by atoms with van der Waals surface area (Å²) in [7, 11) is 0. The van der Waals surface area contributed by atoms with Crippen LogP contribution in [-0.4, -0.2) is 27.1 Å². The van der Waals surface area contributed by atoms with Crippen LogP contribution in [0.5, 0.6) is 17.2 Å². The number of pyridine rings is 1. The molecule has 0 spiro atoms. The zero-order valence-corrected chi connectivity index (χ0v) is 16.8. The lowest BCUT2D eigenvalue weighted by molar-refractivity contribution is 0.157. The molecule has 1 N–H and O–H groups in total. The van der Waals surface area contributed by atoms with Crippen LogP contribution in [0.4, 0.5) is 0 Å². The fourth-order valence-electron chi connectivity index (χ4n) is 5.50. The zero-order chi connectivity index (χ0) is 20.1. The Balaban J connectivity index is 1.41. The van der Waals surface area contributed by atoms with Crippen molar-refractivity contribution in [2.45, 2.75) is 44.3 Å². The minimum Gasteiger partial charge on any atom is -0.504 e. The largest absolute Gasteiger partial charge is 0.504 e. The van der Waals surface area contributed by atoms with E-state index in [2.05, 4.69) is 34.1 Å². The molecule has 1 aromatic heterocycles. The third-order valence-corrected chi connectivity index (χ3v) is 6.81. The van der Waals surface area contributed by atoms with Crippen LogP contribution >= 0.6 is 0 Å². The number of aromatic hydroxyl groups is 1. The molecule has 6 rings (SSSR count). The summed E-state index contributed by atoms with van der Waals surface area (Å²) in [5.74, 6) is 1.63. The Hall–Kier alpha value is -3.11. The fraction of sp³-hybridized carbons (Fsp3) is 0.269. The molecular weight excluding hydrogens is 372 g/mol. The second kappa shape index (κ2) is 6.99. The number of hydrogen-bond acceptors (Lipinski definition) is 4. The van der Waals surface area contributed by atoms with Gasteiger partial charge >= 0.3 is 0 Å². The van der Waals surface area contributed by atoms with Crippen molar-refractivity contribution in [1.82, 2.24) is 9.88 Å². The molecule has 2 fully saturated rings. The van der Waals surface area contributed by atoms with Crippen molar-refractivity contribution in [3.05, 3.63) is 89.3 Å². The normalized spacial score (nSPS) is 22.4. The number of para-hydroxylation sites is 2. The van der Waals surface area contributed by atoms with Gasteiger partial charge in [-0.2, -0.15) is 0 Å². The number of benzene rings is 2. The lowest BCUT2D eigenvalue weighted by Crippen LogP contribution is -2.40. The highest BCUT2D eigenvalue weighted by molar-refractivity contribution is 5.91. The average Bonchev–Trinajstić information content (AvgIpc) is 3.00. The first-order chi connectivity index (χ1) is 14.8. The molecule has 2 atom stereocenters. The highest BCUT2D eigenvalue weighted by Crippen LogP contribution is 2.51. The van der Waals surface area contributed by atoms with E-state index in [4.69, 9.17) is 4.74 Å². The average molecular weight is 396 g/mol. The number of hydrogen-bond donors (Lipinski definition) is 1. The molecule has 0 saturated carbocycles.